The Morgan fingerprint density at radius 2 is 2.20 bits per heavy atom. The first-order chi connectivity index (χ1) is 4.62. The second kappa shape index (κ2) is 5.56. The van der Waals surface area contributed by atoms with Crippen LogP contribution < -0.4 is 5.50 Å². The molecule has 0 heterocycles. The van der Waals surface area contributed by atoms with Crippen LogP contribution in [0.1, 0.15) is 20.3 Å². The van der Waals surface area contributed by atoms with Gasteiger partial charge >= 0.3 is 0 Å². The van der Waals surface area contributed by atoms with Gasteiger partial charge in [-0.1, -0.05) is 18.3 Å². The Labute approximate surface area is 71.8 Å². The third-order valence-corrected chi connectivity index (χ3v) is 5.56. The molecule has 0 aromatic rings. The Bertz CT molecular complexity index is 131. The Hall–Kier alpha value is 0.920. The fraction of sp³-hybridized carbons (Fsp3) is 1.00. The van der Waals surface area contributed by atoms with E-state index in [-0.39, 0.29) is 0 Å². The molecule has 0 fully saturated rings. The van der Waals surface area contributed by atoms with Crippen molar-refractivity contribution in [1.29, 1.82) is 0 Å². The minimum Gasteiger partial charge on any atom is -0.331 e. The van der Waals surface area contributed by atoms with Crippen LogP contribution in [0.4, 0.5) is 0 Å². The summed E-state index contributed by atoms with van der Waals surface area (Å²) < 4.78 is 5.20. The van der Waals surface area contributed by atoms with Gasteiger partial charge in [-0.3, -0.25) is 5.50 Å². The van der Waals surface area contributed by atoms with Crippen molar-refractivity contribution < 1.29 is 4.52 Å². The van der Waals surface area contributed by atoms with Gasteiger partial charge in [-0.2, -0.15) is 0 Å². The summed E-state index contributed by atoms with van der Waals surface area (Å²) in [6, 6.07) is 0. The summed E-state index contributed by atoms with van der Waals surface area (Å²) in [7, 11) is 0. The Morgan fingerprint density at radius 3 is 2.60 bits per heavy atom. The lowest BCUT2D eigenvalue weighted by Crippen LogP contribution is -1.95. The molecular weight excluding hydrogens is 185 g/mol. The van der Waals surface area contributed by atoms with E-state index < -0.39 is 5.62 Å². The van der Waals surface area contributed by atoms with Gasteiger partial charge in [-0.15, -0.1) is 0 Å². The summed E-state index contributed by atoms with van der Waals surface area (Å²) in [4.78, 5) is 0. The molecule has 10 heavy (non-hydrogen) atoms. The van der Waals surface area contributed by atoms with Crippen LogP contribution in [0.5, 0.6) is 0 Å². The maximum Gasteiger partial charge on any atom is 0.183 e. The molecule has 0 spiro atoms. The van der Waals surface area contributed by atoms with Gasteiger partial charge < -0.3 is 4.52 Å². The van der Waals surface area contributed by atoms with Gasteiger partial charge in [-0.25, -0.2) is 0 Å². The van der Waals surface area contributed by atoms with E-state index in [1.54, 1.807) is 11.4 Å². The van der Waals surface area contributed by atoms with Crippen LogP contribution in [0.25, 0.3) is 0 Å². The lowest BCUT2D eigenvalue weighted by atomic mass is 10.6. The predicted molar refractivity (Wildman–Crippen MR) is 52.8 cm³/mol. The normalized spacial score (nSPS) is 16.7. The van der Waals surface area contributed by atoms with E-state index in [9.17, 15) is 0 Å². The largest absolute Gasteiger partial charge is 0.331 e. The van der Waals surface area contributed by atoms with Crippen molar-refractivity contribution in [1.82, 2.24) is 0 Å². The van der Waals surface area contributed by atoms with Crippen LogP contribution in [-0.4, -0.2) is 12.4 Å². The van der Waals surface area contributed by atoms with Crippen LogP contribution in [0, 0.1) is 0 Å². The highest BCUT2D eigenvalue weighted by atomic mass is 32.9. The highest BCUT2D eigenvalue weighted by Crippen LogP contribution is 2.52. The minimum absolute atomic E-state index is 0.629. The molecule has 1 atom stereocenters. The number of rotatable bonds is 5. The second-order valence-electron chi connectivity index (χ2n) is 1.79. The topological polar surface area (TPSA) is 35.2 Å². The molecule has 2 N–H and O–H groups in total. The first-order valence-electron chi connectivity index (χ1n) is 3.30. The maximum atomic E-state index is 5.68. The van der Waals surface area contributed by atoms with E-state index in [0.717, 1.165) is 12.2 Å². The monoisotopic (exact) mass is 199 g/mol. The summed E-state index contributed by atoms with van der Waals surface area (Å²) in [6.07, 6.45) is 1.10. The highest BCUT2D eigenvalue weighted by molar-refractivity contribution is 8.68. The van der Waals surface area contributed by atoms with Crippen LogP contribution in [-0.2, 0) is 16.3 Å². The van der Waals surface area contributed by atoms with Gasteiger partial charge in [-0.05, 0) is 25.2 Å². The van der Waals surface area contributed by atoms with Gasteiger partial charge in [0.25, 0.3) is 0 Å². The van der Waals surface area contributed by atoms with Crippen molar-refractivity contribution in [2.45, 2.75) is 20.3 Å². The predicted octanol–water partition coefficient (Wildman–Crippen LogP) is 2.35. The first-order valence-corrected chi connectivity index (χ1v) is 7.68. The number of nitrogens with two attached hydrogens (primary N) is 1. The summed E-state index contributed by atoms with van der Waals surface area (Å²) in [5.41, 5.74) is 3.72. The van der Waals surface area contributed by atoms with Gasteiger partial charge in [0.1, 0.15) is 0 Å². The van der Waals surface area contributed by atoms with Crippen LogP contribution in [0.2, 0.25) is 0 Å². The van der Waals surface area contributed by atoms with Gasteiger partial charge in [0.15, 0.2) is 5.62 Å². The fourth-order valence-electron chi connectivity index (χ4n) is 0.436. The van der Waals surface area contributed by atoms with E-state index in [1.807, 2.05) is 6.92 Å². The fourth-order valence-corrected chi connectivity index (χ4v) is 4.15. The average molecular weight is 199 g/mol. The molecule has 62 valence electrons. The quantitative estimate of drug-likeness (QED) is 0.689. The van der Waals surface area contributed by atoms with Crippen molar-refractivity contribution in [3.63, 3.8) is 0 Å². The van der Waals surface area contributed by atoms with Crippen LogP contribution >= 0.6 is 17.0 Å². The van der Waals surface area contributed by atoms with Crippen molar-refractivity contribution in [3.8, 4) is 0 Å². The molecule has 0 amide bonds. The minimum atomic E-state index is -1.96. The SMILES string of the molecule is CCCSP(N)(=S)OCC. The molecule has 0 aliphatic heterocycles. The molecule has 0 bridgehead atoms. The summed E-state index contributed by atoms with van der Waals surface area (Å²) >= 11 is 6.62. The summed E-state index contributed by atoms with van der Waals surface area (Å²) in [6.45, 7) is 4.65. The van der Waals surface area contributed by atoms with E-state index in [4.69, 9.17) is 21.8 Å². The Kier molecular flexibility index (Phi) is 6.07. The van der Waals surface area contributed by atoms with Crippen molar-refractivity contribution >= 4 is 28.8 Å². The van der Waals surface area contributed by atoms with Crippen LogP contribution in [0.15, 0.2) is 0 Å². The Morgan fingerprint density at radius 1 is 1.60 bits per heavy atom. The van der Waals surface area contributed by atoms with E-state index in [0.29, 0.717) is 6.61 Å². The van der Waals surface area contributed by atoms with Crippen molar-refractivity contribution in [3.05, 3.63) is 0 Å². The molecular formula is C5H14NOPS2. The summed E-state index contributed by atoms with van der Waals surface area (Å²) in [5.74, 6) is 1.01. The molecule has 0 aliphatic rings. The molecule has 0 rings (SSSR count). The molecule has 0 aromatic heterocycles. The third kappa shape index (κ3) is 5.69. The molecule has 1 unspecified atom stereocenters. The molecule has 0 radical (unpaired) electrons. The standard InChI is InChI=1S/C5H14NOPS2/c1-3-5-10-8(6,9)7-4-2/h3-5H2,1-2H3,(H2,6,9). The Balaban J connectivity index is 3.53. The molecule has 2 nitrogen and oxygen atoms in total. The third-order valence-electron chi connectivity index (χ3n) is 0.784. The van der Waals surface area contributed by atoms with Crippen molar-refractivity contribution in [2.24, 2.45) is 5.50 Å². The molecule has 5 heteroatoms. The first kappa shape index (κ1) is 10.9. The lowest BCUT2D eigenvalue weighted by molar-refractivity contribution is 0.385. The molecule has 0 saturated heterocycles. The second-order valence-corrected chi connectivity index (χ2v) is 8.52. The van der Waals surface area contributed by atoms with Crippen molar-refractivity contribution in [2.75, 3.05) is 12.4 Å². The zero-order chi connectivity index (χ0) is 8.04. The maximum absolute atomic E-state index is 5.68. The number of hydrogen-bond donors (Lipinski definition) is 1. The van der Waals surface area contributed by atoms with E-state index >= 15 is 0 Å². The highest BCUT2D eigenvalue weighted by Gasteiger charge is 2.09. The van der Waals surface area contributed by atoms with Crippen LogP contribution in [0.3, 0.4) is 0 Å². The van der Waals surface area contributed by atoms with E-state index in [1.165, 1.54) is 0 Å². The molecule has 0 aliphatic carbocycles. The number of hydrogen-bond acceptors (Lipinski definition) is 3. The zero-order valence-corrected chi connectivity index (χ0v) is 8.90. The average Bonchev–Trinajstić information content (AvgIpc) is 1.84. The smallest absolute Gasteiger partial charge is 0.183 e. The van der Waals surface area contributed by atoms with Gasteiger partial charge in [0, 0.05) is 5.75 Å². The summed E-state index contributed by atoms with van der Waals surface area (Å²) in [5, 5.41) is 0. The molecule has 0 aromatic carbocycles. The van der Waals surface area contributed by atoms with Gasteiger partial charge in [0.2, 0.25) is 0 Å². The lowest BCUT2D eigenvalue weighted by Gasteiger charge is -2.13. The van der Waals surface area contributed by atoms with Gasteiger partial charge in [0.05, 0.1) is 6.61 Å². The molecule has 0 saturated carbocycles. The zero-order valence-electron chi connectivity index (χ0n) is 6.37. The van der Waals surface area contributed by atoms with E-state index in [2.05, 4.69) is 6.92 Å².